The van der Waals surface area contributed by atoms with Gasteiger partial charge < -0.3 is 5.11 Å². The molecule has 0 atom stereocenters. The molecule has 63 heavy (non-hydrogen) atoms. The van der Waals surface area contributed by atoms with E-state index in [0.717, 1.165) is 33.4 Å². The quantitative estimate of drug-likeness (QED) is 0.174. The molecule has 0 bridgehead atoms. The Morgan fingerprint density at radius 2 is 1.29 bits per heavy atom. The van der Waals surface area contributed by atoms with Crippen LogP contribution in [0, 0.1) is 20.7 Å². The normalized spacial score (nSPS) is 14.6. The van der Waals surface area contributed by atoms with Gasteiger partial charge >= 0.3 is 0 Å². The van der Waals surface area contributed by atoms with Crippen molar-refractivity contribution in [3.63, 3.8) is 0 Å². The third-order valence-corrected chi connectivity index (χ3v) is 11.6. The third kappa shape index (κ3) is 7.98. The molecule has 0 unspecified atom stereocenters. The maximum Gasteiger partial charge on any atom is 0.149 e. The van der Waals surface area contributed by atoms with Gasteiger partial charge in [-0.2, -0.15) is 0 Å². The number of benzene rings is 7. The Bertz CT molecular complexity index is 3710. The van der Waals surface area contributed by atoms with E-state index in [4.69, 9.17) is 18.7 Å². The van der Waals surface area contributed by atoms with E-state index >= 15 is 0 Å². The van der Waals surface area contributed by atoms with Crippen LogP contribution in [-0.4, -0.2) is 19.6 Å². The van der Waals surface area contributed by atoms with Crippen LogP contribution in [0.5, 0.6) is 5.75 Å². The van der Waals surface area contributed by atoms with Gasteiger partial charge in [0.05, 0.1) is 38.9 Å². The number of rotatable bonds is 7. The monoisotopic (exact) mass is 833 g/mol. The fourth-order valence-corrected chi connectivity index (χ4v) is 8.20. The van der Waals surface area contributed by atoms with Crippen molar-refractivity contribution in [2.24, 2.45) is 0 Å². The first-order valence-corrected chi connectivity index (χ1v) is 21.1. The van der Waals surface area contributed by atoms with Gasteiger partial charge in [0.25, 0.3) is 0 Å². The van der Waals surface area contributed by atoms with Gasteiger partial charge in [-0.25, -0.2) is 4.98 Å². The lowest BCUT2D eigenvalue weighted by molar-refractivity contribution is 0.472. The van der Waals surface area contributed by atoms with Gasteiger partial charge in [0.2, 0.25) is 0 Å². The molecule has 0 aliphatic rings. The van der Waals surface area contributed by atoms with E-state index in [0.29, 0.717) is 55.9 Å². The van der Waals surface area contributed by atoms with Gasteiger partial charge in [-0.1, -0.05) is 151 Å². The largest absolute Gasteiger partial charge is 0.507 e. The summed E-state index contributed by atoms with van der Waals surface area (Å²) in [6, 6.07) is 32.5. The first kappa shape index (κ1) is 30.1. The van der Waals surface area contributed by atoms with E-state index in [2.05, 4.69) is 50.0 Å². The predicted octanol–water partition coefficient (Wildman–Crippen LogP) is 15.6. The van der Waals surface area contributed by atoms with Crippen molar-refractivity contribution in [3.8, 4) is 78.6 Å². The molecule has 312 valence electrons. The molecule has 9 rings (SSSR count). The summed E-state index contributed by atoms with van der Waals surface area (Å²) in [6.45, 7) is 13.7. The Morgan fingerprint density at radius 1 is 0.571 bits per heavy atom. The molecule has 0 fully saturated rings. The number of hydrogen-bond donors (Lipinski definition) is 1. The molecule has 9 aromatic rings. The number of pyridine rings is 1. The highest BCUT2D eigenvalue weighted by molar-refractivity contribution is 5.98. The Balaban J connectivity index is 1.39. The minimum atomic E-state index is -2.56. The zero-order valence-corrected chi connectivity index (χ0v) is 36.8. The Labute approximate surface area is 388 Å². The van der Waals surface area contributed by atoms with Crippen LogP contribution in [0.4, 0.5) is 0 Å². The number of para-hydroxylation sites is 1. The van der Waals surface area contributed by atoms with E-state index in [-0.39, 0.29) is 39.6 Å². The van der Waals surface area contributed by atoms with Gasteiger partial charge in [0, 0.05) is 27.0 Å². The molecule has 0 aliphatic heterocycles. The summed E-state index contributed by atoms with van der Waals surface area (Å²) >= 11 is 0. The lowest BCUT2D eigenvalue weighted by atomic mass is 9.83. The van der Waals surface area contributed by atoms with Crippen molar-refractivity contribution >= 4 is 11.0 Å². The van der Waals surface area contributed by atoms with E-state index < -0.39 is 54.7 Å². The van der Waals surface area contributed by atoms with Crippen LogP contribution in [0.3, 0.4) is 0 Å². The lowest BCUT2D eigenvalue weighted by Gasteiger charge is -2.22. The summed E-state index contributed by atoms with van der Waals surface area (Å²) in [5.74, 6) is 0.357. The summed E-state index contributed by atoms with van der Waals surface area (Å²) in [4.78, 5) is 9.88. The van der Waals surface area contributed by atoms with Crippen molar-refractivity contribution in [1.29, 1.82) is 0 Å². The zero-order valence-electron chi connectivity index (χ0n) is 47.8. The van der Waals surface area contributed by atoms with Crippen molar-refractivity contribution in [2.45, 2.75) is 73.1 Å². The molecule has 2 heterocycles. The molecule has 0 saturated heterocycles. The van der Waals surface area contributed by atoms with Crippen LogP contribution in [0.1, 0.15) is 84.4 Å². The van der Waals surface area contributed by atoms with Crippen LogP contribution in [0.15, 0.2) is 164 Å². The fraction of sp³-hybridized carbons (Fsp3) is 0.186. The van der Waals surface area contributed by atoms with Crippen LogP contribution >= 0.6 is 0 Å². The molecule has 0 amide bonds. The number of aromatic nitrogens is 3. The summed E-state index contributed by atoms with van der Waals surface area (Å²) in [5, 5.41) is 12.0. The average Bonchev–Trinajstić information content (AvgIpc) is 3.74. The molecular formula is C59H55N3O. The van der Waals surface area contributed by atoms with Gasteiger partial charge in [-0.05, 0) is 141 Å². The molecule has 1 N–H and O–H groups in total. The van der Waals surface area contributed by atoms with Crippen LogP contribution < -0.4 is 0 Å². The maximum absolute atomic E-state index is 12.0. The van der Waals surface area contributed by atoms with Crippen molar-refractivity contribution in [2.75, 3.05) is 0 Å². The minimum Gasteiger partial charge on any atom is -0.507 e. The second-order valence-electron chi connectivity index (χ2n) is 18.3. The molecule has 4 heteroatoms. The first-order valence-electron chi connectivity index (χ1n) is 26.6. The lowest BCUT2D eigenvalue weighted by Crippen LogP contribution is -2.11. The van der Waals surface area contributed by atoms with Crippen LogP contribution in [-0.2, 0) is 10.8 Å². The first-order chi connectivity index (χ1) is 34.7. The SMILES string of the molecule is [2H]c1nc(-c2cc(-c3cccc4c3nc(-c3cc(C)cc(C)c3O)n4-c3cc(C([2H])([2H])[2H])c(-c4ccccc4)cc3-c3ccc(C(C)(C)C)cc3)cc(C(C)(C)C)c2)c([2H])c(-c2c([2H])c([2H])c([2H])c([2H])c2[2H])c1[2H]. The Hall–Kier alpha value is -7.04. The van der Waals surface area contributed by atoms with Gasteiger partial charge in [-0.15, -0.1) is 0 Å². The second kappa shape index (κ2) is 16.0. The minimum absolute atomic E-state index is 0.00626. The maximum atomic E-state index is 12.0. The molecule has 7 aromatic carbocycles. The van der Waals surface area contributed by atoms with Crippen LogP contribution in [0.2, 0.25) is 0 Å². The fourth-order valence-electron chi connectivity index (χ4n) is 8.20. The molecule has 0 radical (unpaired) electrons. The topological polar surface area (TPSA) is 50.9 Å². The van der Waals surface area contributed by atoms with E-state index in [1.807, 2.05) is 118 Å². The third-order valence-electron chi connectivity index (χ3n) is 11.6. The van der Waals surface area contributed by atoms with Gasteiger partial charge in [0.15, 0.2) is 0 Å². The number of imidazole rings is 1. The van der Waals surface area contributed by atoms with E-state index in [9.17, 15) is 6.48 Å². The summed E-state index contributed by atoms with van der Waals surface area (Å²) < 4.78 is 98.5. The van der Waals surface area contributed by atoms with Gasteiger partial charge in [-0.3, -0.25) is 9.55 Å². The molecular weight excluding hydrogens is 767 g/mol. The Morgan fingerprint density at radius 3 is 2.00 bits per heavy atom. The van der Waals surface area contributed by atoms with Gasteiger partial charge in [0.1, 0.15) is 11.6 Å². The van der Waals surface area contributed by atoms with E-state index in [1.165, 1.54) is 0 Å². The summed E-state index contributed by atoms with van der Waals surface area (Å²) in [6.07, 6.45) is -0.544. The Kier molecular flexibility index (Phi) is 7.65. The number of aromatic hydroxyl groups is 1. The van der Waals surface area contributed by atoms with Crippen LogP contribution in [0.25, 0.3) is 83.9 Å². The highest BCUT2D eigenvalue weighted by Crippen LogP contribution is 2.44. The zero-order chi connectivity index (χ0) is 53.7. The highest BCUT2D eigenvalue weighted by Gasteiger charge is 2.25. The standard InChI is InChI=1S/C59H55N3O/c1-37-29-39(3)56(63)51(30-37)57-61-55-48(44-32-45(34-47(33-44)59(7,8)9)52-35-43(27-28-60-52)40-17-12-10-13-18-40)21-16-22-53(55)62(57)54-31-38(2)49(41-19-14-11-15-20-41)36-50(54)42-23-25-46(26-24-42)58(4,5)6/h10-36,63H,1-9H3/i2D3,10D,12D,13D,17D,18D,27D,28D,35D. The van der Waals surface area contributed by atoms with Crippen molar-refractivity contribution in [3.05, 3.63) is 192 Å². The molecule has 2 aromatic heterocycles. The molecule has 4 nitrogen and oxygen atoms in total. The summed E-state index contributed by atoms with van der Waals surface area (Å²) in [5.41, 5.74) is 8.67. The predicted molar refractivity (Wildman–Crippen MR) is 265 cm³/mol. The molecule has 0 spiro atoms. The second-order valence-corrected chi connectivity index (χ2v) is 18.3. The number of aryl methyl sites for hydroxylation is 3. The number of fused-ring (bicyclic) bond motifs is 1. The van der Waals surface area contributed by atoms with Crippen molar-refractivity contribution < 1.29 is 20.2 Å². The average molecular weight is 833 g/mol. The molecule has 0 saturated carbocycles. The number of phenols is 1. The van der Waals surface area contributed by atoms with Crippen molar-refractivity contribution in [1.82, 2.24) is 14.5 Å². The summed E-state index contributed by atoms with van der Waals surface area (Å²) in [7, 11) is 0. The van der Waals surface area contributed by atoms with E-state index in [1.54, 1.807) is 12.1 Å². The number of nitrogens with zero attached hydrogens (tertiary/aromatic N) is 3. The number of phenolic OH excluding ortho intramolecular Hbond substituents is 1. The number of hydrogen-bond acceptors (Lipinski definition) is 3. The smallest absolute Gasteiger partial charge is 0.149 e. The highest BCUT2D eigenvalue weighted by atomic mass is 16.3. The molecule has 0 aliphatic carbocycles.